The van der Waals surface area contributed by atoms with Crippen LogP contribution in [0.1, 0.15) is 25.0 Å². The van der Waals surface area contributed by atoms with Crippen molar-refractivity contribution in [2.24, 2.45) is 0 Å². The van der Waals surface area contributed by atoms with Gasteiger partial charge in [-0.1, -0.05) is 117 Å². The van der Waals surface area contributed by atoms with Crippen molar-refractivity contribution in [3.8, 4) is 33.7 Å². The Balaban J connectivity index is 1.17. The van der Waals surface area contributed by atoms with E-state index < -0.39 is 0 Å². The van der Waals surface area contributed by atoms with Crippen molar-refractivity contribution in [3.63, 3.8) is 0 Å². The maximum Gasteiger partial charge on any atom is 0.227 e. The number of nitrogens with zero attached hydrogens (tertiary/aromatic N) is 2. The van der Waals surface area contributed by atoms with Gasteiger partial charge in [-0.2, -0.15) is 0 Å². The molecule has 3 nitrogen and oxygen atoms in total. The van der Waals surface area contributed by atoms with Crippen LogP contribution in [0.25, 0.3) is 55.6 Å². The summed E-state index contributed by atoms with van der Waals surface area (Å²) in [6.45, 7) is 4.65. The van der Waals surface area contributed by atoms with E-state index in [4.69, 9.17) is 9.40 Å². The summed E-state index contributed by atoms with van der Waals surface area (Å²) in [6, 6.07) is 56.1. The molecule has 1 aliphatic carbocycles. The van der Waals surface area contributed by atoms with Crippen molar-refractivity contribution in [1.82, 2.24) is 4.98 Å². The highest BCUT2D eigenvalue weighted by Crippen LogP contribution is 2.50. The Morgan fingerprint density at radius 3 is 2.09 bits per heavy atom. The molecule has 3 heteroatoms. The molecule has 47 heavy (non-hydrogen) atoms. The lowest BCUT2D eigenvalue weighted by atomic mass is 9.82. The predicted molar refractivity (Wildman–Crippen MR) is 195 cm³/mol. The molecule has 9 rings (SSSR count). The molecule has 7 aromatic carbocycles. The Labute approximate surface area is 274 Å². The van der Waals surface area contributed by atoms with Gasteiger partial charge in [0, 0.05) is 33.4 Å². The number of anilines is 3. The lowest BCUT2D eigenvalue weighted by Crippen LogP contribution is -2.15. The van der Waals surface area contributed by atoms with E-state index in [1.807, 2.05) is 18.2 Å². The van der Waals surface area contributed by atoms with Gasteiger partial charge in [0.2, 0.25) is 5.89 Å². The van der Waals surface area contributed by atoms with Crippen LogP contribution in [0.4, 0.5) is 17.1 Å². The third kappa shape index (κ3) is 4.46. The van der Waals surface area contributed by atoms with E-state index in [0.717, 1.165) is 44.5 Å². The molecule has 0 unspecified atom stereocenters. The van der Waals surface area contributed by atoms with Crippen molar-refractivity contribution in [2.75, 3.05) is 4.90 Å². The van der Waals surface area contributed by atoms with Gasteiger partial charge < -0.3 is 9.32 Å². The fourth-order valence-electron chi connectivity index (χ4n) is 7.28. The van der Waals surface area contributed by atoms with Crippen LogP contribution in [0.2, 0.25) is 0 Å². The van der Waals surface area contributed by atoms with E-state index >= 15 is 0 Å². The second kappa shape index (κ2) is 10.6. The zero-order valence-corrected chi connectivity index (χ0v) is 26.3. The number of oxazole rings is 1. The molecule has 0 saturated heterocycles. The first kappa shape index (κ1) is 27.4. The number of hydrogen-bond donors (Lipinski definition) is 0. The predicted octanol–water partition coefficient (Wildman–Crippen LogP) is 12.1. The van der Waals surface area contributed by atoms with Gasteiger partial charge in [-0.05, 0) is 93.4 Å². The lowest BCUT2D eigenvalue weighted by Gasteiger charge is -2.27. The van der Waals surface area contributed by atoms with Crippen molar-refractivity contribution < 1.29 is 4.42 Å². The van der Waals surface area contributed by atoms with Gasteiger partial charge in [-0.25, -0.2) is 4.98 Å². The zero-order chi connectivity index (χ0) is 31.5. The molecule has 0 radical (unpaired) electrons. The van der Waals surface area contributed by atoms with Gasteiger partial charge in [0.25, 0.3) is 0 Å². The van der Waals surface area contributed by atoms with Crippen LogP contribution in [-0.4, -0.2) is 4.98 Å². The molecule has 0 atom stereocenters. The number of rotatable bonds is 5. The van der Waals surface area contributed by atoms with Gasteiger partial charge in [0.15, 0.2) is 5.58 Å². The van der Waals surface area contributed by atoms with Crippen LogP contribution in [0.15, 0.2) is 162 Å². The molecule has 224 valence electrons. The SMILES string of the molecule is CC1(C)c2ccccc2-c2cc(N(c3ccc(-c4nc5ccc6ccccc6c5o4)cc3)c3cccc(-c4ccccc4)c3)ccc21. The fourth-order valence-corrected chi connectivity index (χ4v) is 7.28. The van der Waals surface area contributed by atoms with Gasteiger partial charge in [0.1, 0.15) is 5.52 Å². The third-order valence-electron chi connectivity index (χ3n) is 9.69. The smallest absolute Gasteiger partial charge is 0.227 e. The lowest BCUT2D eigenvalue weighted by molar-refractivity contribution is 0.623. The van der Waals surface area contributed by atoms with Gasteiger partial charge >= 0.3 is 0 Å². The van der Waals surface area contributed by atoms with Crippen molar-refractivity contribution in [1.29, 1.82) is 0 Å². The van der Waals surface area contributed by atoms with Gasteiger partial charge in [-0.3, -0.25) is 0 Å². The first-order valence-corrected chi connectivity index (χ1v) is 16.1. The summed E-state index contributed by atoms with van der Waals surface area (Å²) in [4.78, 5) is 7.21. The summed E-state index contributed by atoms with van der Waals surface area (Å²) >= 11 is 0. The minimum atomic E-state index is -0.0466. The normalized spacial score (nSPS) is 13.1. The minimum absolute atomic E-state index is 0.0466. The Morgan fingerprint density at radius 1 is 0.511 bits per heavy atom. The van der Waals surface area contributed by atoms with Crippen LogP contribution in [0, 0.1) is 0 Å². The largest absolute Gasteiger partial charge is 0.435 e. The standard InChI is InChI=1S/C44H32N2O/c1-44(2)39-18-9-8-17-37(39)38-28-35(24-25-40(38)44)46(34-15-10-14-32(27-34)29-11-4-3-5-12-29)33-22-19-31(20-23-33)43-45-41-26-21-30-13-6-7-16-36(30)42(41)47-43/h3-28H,1-2H3. The molecular formula is C44H32N2O. The first-order chi connectivity index (χ1) is 23.0. The number of hydrogen-bond acceptors (Lipinski definition) is 3. The highest BCUT2D eigenvalue weighted by atomic mass is 16.3. The van der Waals surface area contributed by atoms with Crippen LogP contribution in [0.3, 0.4) is 0 Å². The van der Waals surface area contributed by atoms with Crippen molar-refractivity contribution in [3.05, 3.63) is 169 Å². The molecular weight excluding hydrogens is 572 g/mol. The first-order valence-electron chi connectivity index (χ1n) is 16.1. The molecule has 0 amide bonds. The quantitative estimate of drug-likeness (QED) is 0.196. The summed E-state index contributed by atoms with van der Waals surface area (Å²) in [5.74, 6) is 0.622. The average Bonchev–Trinajstić information content (AvgIpc) is 3.66. The number of fused-ring (bicyclic) bond motifs is 6. The average molecular weight is 605 g/mol. The maximum absolute atomic E-state index is 6.38. The monoisotopic (exact) mass is 604 g/mol. The molecule has 8 aromatic rings. The van der Waals surface area contributed by atoms with Crippen molar-refractivity contribution in [2.45, 2.75) is 19.3 Å². The molecule has 0 saturated carbocycles. The molecule has 1 aliphatic rings. The summed E-state index contributed by atoms with van der Waals surface area (Å²) in [6.07, 6.45) is 0. The summed E-state index contributed by atoms with van der Waals surface area (Å²) < 4.78 is 6.38. The van der Waals surface area contributed by atoms with Crippen LogP contribution in [0.5, 0.6) is 0 Å². The second-order valence-corrected chi connectivity index (χ2v) is 12.9. The number of aromatic nitrogens is 1. The van der Waals surface area contributed by atoms with E-state index in [1.54, 1.807) is 0 Å². The van der Waals surface area contributed by atoms with Crippen molar-refractivity contribution >= 4 is 38.9 Å². The van der Waals surface area contributed by atoms with E-state index in [-0.39, 0.29) is 5.41 Å². The highest BCUT2D eigenvalue weighted by Gasteiger charge is 2.35. The van der Waals surface area contributed by atoms with Gasteiger partial charge in [-0.15, -0.1) is 0 Å². The Bertz CT molecular complexity index is 2440. The summed E-state index contributed by atoms with van der Waals surface area (Å²) in [5.41, 5.74) is 13.6. The molecule has 0 spiro atoms. The van der Waals surface area contributed by atoms with E-state index in [1.165, 1.54) is 33.4 Å². The van der Waals surface area contributed by atoms with E-state index in [9.17, 15) is 0 Å². The zero-order valence-electron chi connectivity index (χ0n) is 26.3. The van der Waals surface area contributed by atoms with Crippen LogP contribution < -0.4 is 4.90 Å². The Hall–Kier alpha value is -5.93. The van der Waals surface area contributed by atoms with Gasteiger partial charge in [0.05, 0.1) is 0 Å². The topological polar surface area (TPSA) is 29.3 Å². The molecule has 1 heterocycles. The third-order valence-corrected chi connectivity index (χ3v) is 9.69. The maximum atomic E-state index is 6.38. The molecule has 0 N–H and O–H groups in total. The minimum Gasteiger partial charge on any atom is -0.435 e. The molecule has 1 aromatic heterocycles. The highest BCUT2D eigenvalue weighted by molar-refractivity contribution is 6.03. The summed E-state index contributed by atoms with van der Waals surface area (Å²) in [5, 5.41) is 2.22. The van der Waals surface area contributed by atoms with E-state index in [2.05, 4.69) is 158 Å². The number of benzene rings is 7. The molecule has 0 fully saturated rings. The molecule has 0 aliphatic heterocycles. The summed E-state index contributed by atoms with van der Waals surface area (Å²) in [7, 11) is 0. The van der Waals surface area contributed by atoms with Crippen LogP contribution >= 0.6 is 0 Å². The molecule has 0 bridgehead atoms. The van der Waals surface area contributed by atoms with E-state index in [0.29, 0.717) is 5.89 Å². The Morgan fingerprint density at radius 2 is 1.21 bits per heavy atom. The fraction of sp³-hybridized carbons (Fsp3) is 0.0682. The Kier molecular flexibility index (Phi) is 6.16. The second-order valence-electron chi connectivity index (χ2n) is 12.9. The van der Waals surface area contributed by atoms with Crippen LogP contribution in [-0.2, 0) is 5.41 Å².